The third-order valence-corrected chi connectivity index (χ3v) is 4.86. The lowest BCUT2D eigenvalue weighted by Gasteiger charge is -2.18. The Morgan fingerprint density at radius 2 is 2.08 bits per heavy atom. The maximum absolute atomic E-state index is 12.4. The fraction of sp³-hybridized carbons (Fsp3) is 0.0556. The molecule has 26 heavy (non-hydrogen) atoms. The Morgan fingerprint density at radius 3 is 2.85 bits per heavy atom. The zero-order valence-electron chi connectivity index (χ0n) is 13.3. The van der Waals surface area contributed by atoms with E-state index in [0.717, 1.165) is 4.47 Å². The van der Waals surface area contributed by atoms with E-state index in [1.807, 2.05) is 0 Å². The van der Waals surface area contributed by atoms with E-state index >= 15 is 0 Å². The number of aromatic nitrogens is 2. The van der Waals surface area contributed by atoms with Crippen LogP contribution in [0.1, 0.15) is 5.82 Å². The molecule has 1 aliphatic heterocycles. The molecule has 2 heterocycles. The number of benzene rings is 2. The van der Waals surface area contributed by atoms with Gasteiger partial charge in [-0.3, -0.25) is 10.2 Å². The number of nitrogens with one attached hydrogen (secondary N) is 2. The summed E-state index contributed by atoms with van der Waals surface area (Å²) in [5, 5.41) is 19.8. The van der Waals surface area contributed by atoms with Gasteiger partial charge in [-0.25, -0.2) is 4.98 Å². The summed E-state index contributed by atoms with van der Waals surface area (Å²) < 4.78 is 0.771. The van der Waals surface area contributed by atoms with E-state index in [1.54, 1.807) is 47.4 Å². The highest BCUT2D eigenvalue weighted by atomic mass is 79.9. The second-order valence-corrected chi connectivity index (χ2v) is 7.16. The molecule has 0 fully saturated rings. The van der Waals surface area contributed by atoms with Gasteiger partial charge in [0, 0.05) is 15.2 Å². The molecule has 0 aliphatic carbocycles. The summed E-state index contributed by atoms with van der Waals surface area (Å²) >= 11 is 9.35. The number of nitrogens with zero attached hydrogens (tertiary/aromatic N) is 2. The van der Waals surface area contributed by atoms with Crippen LogP contribution < -0.4 is 10.5 Å². The van der Waals surface area contributed by atoms with E-state index in [-0.39, 0.29) is 35.1 Å². The molecule has 3 aromatic rings. The SMILES string of the molecule is N=C1C(c2nc3ccc(Br)cc3c(=O)[nH]2)=C(O)CN1c1cccc(Cl)c1. The molecule has 130 valence electrons. The summed E-state index contributed by atoms with van der Waals surface area (Å²) in [5.74, 6) is 0.177. The standard InChI is InChI=1S/C18H12BrClN4O2/c19-9-4-5-13-12(6-9)18(26)23-17(22-13)15-14(25)8-24(16(15)21)11-3-1-2-10(20)7-11/h1-7,21,25H,8H2,(H,22,23,26). The number of amidine groups is 1. The van der Waals surface area contributed by atoms with Gasteiger partial charge in [0.15, 0.2) is 0 Å². The molecule has 1 aliphatic rings. The van der Waals surface area contributed by atoms with Crippen molar-refractivity contribution in [1.29, 1.82) is 5.41 Å². The van der Waals surface area contributed by atoms with Crippen molar-refractivity contribution in [3.63, 3.8) is 0 Å². The Hall–Kier alpha value is -2.64. The first-order chi connectivity index (χ1) is 12.4. The van der Waals surface area contributed by atoms with Crippen LogP contribution in [0.5, 0.6) is 0 Å². The summed E-state index contributed by atoms with van der Waals surface area (Å²) in [6.07, 6.45) is 0. The predicted molar refractivity (Wildman–Crippen MR) is 106 cm³/mol. The monoisotopic (exact) mass is 430 g/mol. The van der Waals surface area contributed by atoms with E-state index in [1.165, 1.54) is 0 Å². The number of anilines is 1. The normalized spacial score (nSPS) is 14.5. The van der Waals surface area contributed by atoms with Gasteiger partial charge in [-0.15, -0.1) is 0 Å². The first-order valence-corrected chi connectivity index (χ1v) is 8.85. The third kappa shape index (κ3) is 2.79. The molecule has 0 unspecified atom stereocenters. The number of aromatic amines is 1. The van der Waals surface area contributed by atoms with Gasteiger partial charge in [0.1, 0.15) is 17.4 Å². The van der Waals surface area contributed by atoms with Crippen molar-refractivity contribution in [1.82, 2.24) is 9.97 Å². The minimum absolute atomic E-state index is 0.0328. The molecule has 0 atom stereocenters. The van der Waals surface area contributed by atoms with Crippen molar-refractivity contribution in [2.24, 2.45) is 0 Å². The smallest absolute Gasteiger partial charge is 0.259 e. The predicted octanol–water partition coefficient (Wildman–Crippen LogP) is 4.11. The zero-order chi connectivity index (χ0) is 18.4. The van der Waals surface area contributed by atoms with Crippen molar-refractivity contribution in [3.05, 3.63) is 73.9 Å². The van der Waals surface area contributed by atoms with Crippen LogP contribution >= 0.6 is 27.5 Å². The Morgan fingerprint density at radius 1 is 1.27 bits per heavy atom. The number of hydrogen-bond donors (Lipinski definition) is 3. The average molecular weight is 432 g/mol. The topological polar surface area (TPSA) is 93.1 Å². The lowest BCUT2D eigenvalue weighted by atomic mass is 10.2. The van der Waals surface area contributed by atoms with Crippen LogP contribution in [0.25, 0.3) is 16.5 Å². The summed E-state index contributed by atoms with van der Waals surface area (Å²) in [6, 6.07) is 12.2. The molecule has 0 radical (unpaired) electrons. The zero-order valence-corrected chi connectivity index (χ0v) is 15.6. The van der Waals surface area contributed by atoms with Crippen LogP contribution in [-0.4, -0.2) is 27.5 Å². The molecule has 4 rings (SSSR count). The number of aliphatic hydroxyl groups excluding tert-OH is 1. The second-order valence-electron chi connectivity index (χ2n) is 5.81. The van der Waals surface area contributed by atoms with Crippen molar-refractivity contribution in [2.75, 3.05) is 11.4 Å². The molecule has 6 nitrogen and oxygen atoms in total. The van der Waals surface area contributed by atoms with Crippen LogP contribution in [0.15, 0.2) is 57.5 Å². The van der Waals surface area contributed by atoms with Crippen molar-refractivity contribution in [2.45, 2.75) is 0 Å². The summed E-state index contributed by atoms with van der Waals surface area (Å²) in [5.41, 5.74) is 1.03. The number of aliphatic hydroxyl groups is 1. The first kappa shape index (κ1) is 16.8. The Balaban J connectivity index is 1.79. The maximum Gasteiger partial charge on any atom is 0.259 e. The Labute approximate surface area is 161 Å². The van der Waals surface area contributed by atoms with Crippen molar-refractivity contribution in [3.8, 4) is 0 Å². The highest BCUT2D eigenvalue weighted by Crippen LogP contribution is 2.31. The molecule has 0 amide bonds. The molecule has 8 heteroatoms. The summed E-state index contributed by atoms with van der Waals surface area (Å²) in [4.78, 5) is 21.1. The van der Waals surface area contributed by atoms with E-state index in [2.05, 4.69) is 25.9 Å². The van der Waals surface area contributed by atoms with Gasteiger partial charge >= 0.3 is 0 Å². The van der Waals surface area contributed by atoms with Crippen LogP contribution in [0.2, 0.25) is 5.02 Å². The molecule has 0 spiro atoms. The van der Waals surface area contributed by atoms with E-state index in [9.17, 15) is 9.90 Å². The fourth-order valence-electron chi connectivity index (χ4n) is 2.92. The Bertz CT molecular complexity index is 1160. The van der Waals surface area contributed by atoms with E-state index in [4.69, 9.17) is 17.0 Å². The van der Waals surface area contributed by atoms with Gasteiger partial charge in [0.05, 0.1) is 23.0 Å². The van der Waals surface area contributed by atoms with Crippen LogP contribution in [0.4, 0.5) is 5.69 Å². The molecule has 0 saturated heterocycles. The van der Waals surface area contributed by atoms with Crippen LogP contribution in [0.3, 0.4) is 0 Å². The molecular weight excluding hydrogens is 420 g/mol. The number of hydrogen-bond acceptors (Lipinski definition) is 4. The number of halogens is 2. The lowest BCUT2D eigenvalue weighted by molar-refractivity contribution is 0.411. The highest BCUT2D eigenvalue weighted by molar-refractivity contribution is 9.10. The molecule has 2 aromatic carbocycles. The minimum Gasteiger partial charge on any atom is -0.509 e. The Kier molecular flexibility index (Phi) is 4.05. The van der Waals surface area contributed by atoms with Gasteiger partial charge in [0.25, 0.3) is 5.56 Å². The quantitative estimate of drug-likeness (QED) is 0.569. The highest BCUT2D eigenvalue weighted by Gasteiger charge is 2.31. The number of H-pyrrole nitrogens is 1. The third-order valence-electron chi connectivity index (χ3n) is 4.13. The van der Waals surface area contributed by atoms with Gasteiger partial charge in [0.2, 0.25) is 0 Å². The largest absolute Gasteiger partial charge is 0.509 e. The minimum atomic E-state index is -0.333. The molecule has 1 aromatic heterocycles. The molecule has 0 bridgehead atoms. The van der Waals surface area contributed by atoms with E-state index in [0.29, 0.717) is 21.6 Å². The van der Waals surface area contributed by atoms with E-state index < -0.39 is 0 Å². The molecule has 0 saturated carbocycles. The average Bonchev–Trinajstić information content (AvgIpc) is 2.90. The summed E-state index contributed by atoms with van der Waals surface area (Å²) in [6.45, 7) is 0.108. The second kappa shape index (κ2) is 6.26. The fourth-order valence-corrected chi connectivity index (χ4v) is 3.47. The van der Waals surface area contributed by atoms with Crippen LogP contribution in [0, 0.1) is 5.41 Å². The molecular formula is C18H12BrClN4O2. The van der Waals surface area contributed by atoms with Gasteiger partial charge < -0.3 is 15.0 Å². The van der Waals surface area contributed by atoms with Gasteiger partial charge in [-0.1, -0.05) is 33.6 Å². The molecule has 3 N–H and O–H groups in total. The lowest BCUT2D eigenvalue weighted by Crippen LogP contribution is -2.26. The first-order valence-electron chi connectivity index (χ1n) is 7.68. The van der Waals surface area contributed by atoms with Crippen molar-refractivity contribution >= 4 is 55.5 Å². The number of fused-ring (bicyclic) bond motifs is 1. The maximum atomic E-state index is 12.4. The van der Waals surface area contributed by atoms with Crippen LogP contribution in [-0.2, 0) is 0 Å². The van der Waals surface area contributed by atoms with Gasteiger partial charge in [-0.2, -0.15) is 0 Å². The van der Waals surface area contributed by atoms with Gasteiger partial charge in [-0.05, 0) is 36.4 Å². The van der Waals surface area contributed by atoms with Crippen molar-refractivity contribution < 1.29 is 5.11 Å². The number of rotatable bonds is 2. The summed E-state index contributed by atoms with van der Waals surface area (Å²) in [7, 11) is 0.